The minimum absolute atomic E-state index is 0.269. The van der Waals surface area contributed by atoms with Crippen LogP contribution in [0.4, 0.5) is 4.79 Å². The van der Waals surface area contributed by atoms with Crippen molar-refractivity contribution in [3.63, 3.8) is 0 Å². The molecular formula is C2H4N2O2. The summed E-state index contributed by atoms with van der Waals surface area (Å²) in [5.41, 5.74) is 2.07. The Morgan fingerprint density at radius 3 is 2.83 bits per heavy atom. The van der Waals surface area contributed by atoms with Gasteiger partial charge in [0.2, 0.25) is 0 Å². The first-order chi connectivity index (χ1) is 2.89. The Hall–Kier alpha value is -0.770. The highest BCUT2D eigenvalue weighted by atomic mass is 16.7. The summed E-state index contributed by atoms with van der Waals surface area (Å²) < 4.78 is 0. The monoisotopic (exact) mass is 88.0 g/mol. The van der Waals surface area contributed by atoms with E-state index in [1.807, 2.05) is 0 Å². The predicted octanol–water partition coefficient (Wildman–Crippen LogP) is -0.812. The number of hydroxylamine groups is 1. The van der Waals surface area contributed by atoms with Crippen LogP contribution >= 0.6 is 0 Å². The number of rotatable bonds is 0. The van der Waals surface area contributed by atoms with Crippen molar-refractivity contribution >= 4 is 6.03 Å². The number of hydrogen-bond acceptors (Lipinski definition) is 2. The molecule has 1 fully saturated rings. The molecule has 34 valence electrons. The Morgan fingerprint density at radius 1 is 1.83 bits per heavy atom. The molecule has 1 aliphatic heterocycles. The second-order valence-electron chi connectivity index (χ2n) is 0.897. The fraction of sp³-hybridized carbons (Fsp3) is 0.500. The highest BCUT2D eigenvalue weighted by Gasteiger charge is 2.03. The van der Waals surface area contributed by atoms with Crippen LogP contribution in [-0.4, -0.2) is 12.8 Å². The lowest BCUT2D eigenvalue weighted by Crippen LogP contribution is -2.19. The minimum Gasteiger partial charge on any atom is -0.311 e. The summed E-state index contributed by atoms with van der Waals surface area (Å²) in [5, 5.41) is 2.35. The van der Waals surface area contributed by atoms with Gasteiger partial charge in [0.15, 0.2) is 0 Å². The third-order valence-electron chi connectivity index (χ3n) is 0.470. The summed E-state index contributed by atoms with van der Waals surface area (Å²) in [6.07, 6.45) is 0. The SMILES string of the molecule is O=C1NCON1. The van der Waals surface area contributed by atoms with Crippen molar-refractivity contribution in [2.45, 2.75) is 0 Å². The molecule has 1 saturated heterocycles. The molecule has 0 aromatic rings. The maximum Gasteiger partial charge on any atom is 0.340 e. The first kappa shape index (κ1) is 3.42. The van der Waals surface area contributed by atoms with Gasteiger partial charge in [0.05, 0.1) is 0 Å². The van der Waals surface area contributed by atoms with Crippen molar-refractivity contribution in [3.05, 3.63) is 0 Å². The van der Waals surface area contributed by atoms with Crippen molar-refractivity contribution in [2.75, 3.05) is 6.73 Å². The Bertz CT molecular complexity index is 63.9. The maximum absolute atomic E-state index is 9.90. The molecule has 0 radical (unpaired) electrons. The molecule has 1 rings (SSSR count). The topological polar surface area (TPSA) is 50.4 Å². The van der Waals surface area contributed by atoms with Crippen LogP contribution in [-0.2, 0) is 4.84 Å². The number of nitrogens with one attached hydrogen (secondary N) is 2. The van der Waals surface area contributed by atoms with Crippen LogP contribution in [0.1, 0.15) is 0 Å². The van der Waals surface area contributed by atoms with Crippen LogP contribution < -0.4 is 10.8 Å². The summed E-state index contributed by atoms with van der Waals surface area (Å²) in [5.74, 6) is 0. The van der Waals surface area contributed by atoms with Gasteiger partial charge in [-0.1, -0.05) is 0 Å². The zero-order valence-corrected chi connectivity index (χ0v) is 3.02. The van der Waals surface area contributed by atoms with Crippen molar-refractivity contribution in [1.29, 1.82) is 0 Å². The van der Waals surface area contributed by atoms with Gasteiger partial charge in [0, 0.05) is 0 Å². The third kappa shape index (κ3) is 0.414. The minimum atomic E-state index is -0.269. The molecular weight excluding hydrogens is 84.0 g/mol. The van der Waals surface area contributed by atoms with Gasteiger partial charge in [-0.2, -0.15) is 0 Å². The molecule has 6 heavy (non-hydrogen) atoms. The Morgan fingerprint density at radius 2 is 2.67 bits per heavy atom. The smallest absolute Gasteiger partial charge is 0.311 e. The molecule has 0 aromatic carbocycles. The standard InChI is InChI=1S/C2H4N2O2/c5-2-3-1-6-4-2/h1H2,(H2,3,4,5). The molecule has 1 aliphatic rings. The van der Waals surface area contributed by atoms with Gasteiger partial charge < -0.3 is 5.32 Å². The van der Waals surface area contributed by atoms with Crippen molar-refractivity contribution < 1.29 is 9.63 Å². The molecule has 2 N–H and O–H groups in total. The van der Waals surface area contributed by atoms with Gasteiger partial charge in [0.25, 0.3) is 0 Å². The summed E-state index contributed by atoms with van der Waals surface area (Å²) in [6, 6.07) is -0.269. The van der Waals surface area contributed by atoms with Crippen LogP contribution in [0.15, 0.2) is 0 Å². The second kappa shape index (κ2) is 1.14. The van der Waals surface area contributed by atoms with Gasteiger partial charge >= 0.3 is 6.03 Å². The van der Waals surface area contributed by atoms with Gasteiger partial charge in [0.1, 0.15) is 6.73 Å². The molecule has 0 aliphatic carbocycles. The quantitative estimate of drug-likeness (QED) is 0.407. The van der Waals surface area contributed by atoms with E-state index in [0.29, 0.717) is 0 Å². The molecule has 4 nitrogen and oxygen atoms in total. The first-order valence-electron chi connectivity index (χ1n) is 1.55. The number of urea groups is 1. The third-order valence-corrected chi connectivity index (χ3v) is 0.470. The van der Waals surface area contributed by atoms with Gasteiger partial charge in [-0.05, 0) is 0 Å². The maximum atomic E-state index is 9.90. The first-order valence-corrected chi connectivity index (χ1v) is 1.55. The van der Waals surface area contributed by atoms with Crippen molar-refractivity contribution in [2.24, 2.45) is 0 Å². The molecule has 0 saturated carbocycles. The molecule has 0 bridgehead atoms. The van der Waals surface area contributed by atoms with E-state index < -0.39 is 0 Å². The van der Waals surface area contributed by atoms with E-state index in [0.717, 1.165) is 0 Å². The van der Waals surface area contributed by atoms with Crippen molar-refractivity contribution in [1.82, 2.24) is 10.8 Å². The highest BCUT2D eigenvalue weighted by Crippen LogP contribution is 1.72. The molecule has 2 amide bonds. The number of hydrogen-bond donors (Lipinski definition) is 2. The molecule has 0 spiro atoms. The van der Waals surface area contributed by atoms with Crippen LogP contribution in [0.25, 0.3) is 0 Å². The summed E-state index contributed by atoms with van der Waals surface area (Å²) in [6.45, 7) is 0.277. The average Bonchev–Trinajstić information content (AvgIpc) is 1.86. The summed E-state index contributed by atoms with van der Waals surface area (Å²) in [4.78, 5) is 14.2. The molecule has 4 heteroatoms. The van der Waals surface area contributed by atoms with Gasteiger partial charge in [-0.3, -0.25) is 4.84 Å². The number of amides is 2. The zero-order valence-electron chi connectivity index (χ0n) is 3.02. The average molecular weight is 88.1 g/mol. The highest BCUT2D eigenvalue weighted by molar-refractivity contribution is 5.73. The molecule has 0 atom stereocenters. The van der Waals surface area contributed by atoms with E-state index in [2.05, 4.69) is 15.6 Å². The van der Waals surface area contributed by atoms with Gasteiger partial charge in [-0.15, -0.1) is 0 Å². The zero-order chi connectivity index (χ0) is 4.41. The fourth-order valence-electron chi connectivity index (χ4n) is 0.239. The lowest BCUT2D eigenvalue weighted by molar-refractivity contribution is 0.106. The van der Waals surface area contributed by atoms with E-state index in [-0.39, 0.29) is 12.8 Å². The molecule has 1 heterocycles. The van der Waals surface area contributed by atoms with Gasteiger partial charge in [-0.25, -0.2) is 10.3 Å². The van der Waals surface area contributed by atoms with E-state index in [9.17, 15) is 4.79 Å². The van der Waals surface area contributed by atoms with Crippen LogP contribution in [0.3, 0.4) is 0 Å². The number of carbonyl (C=O) groups excluding carboxylic acids is 1. The lowest BCUT2D eigenvalue weighted by Gasteiger charge is -1.78. The van der Waals surface area contributed by atoms with Crippen LogP contribution in [0.2, 0.25) is 0 Å². The second-order valence-corrected chi connectivity index (χ2v) is 0.897. The fourth-order valence-corrected chi connectivity index (χ4v) is 0.239. The normalized spacial score (nSPS) is 19.7. The Kier molecular flexibility index (Phi) is 0.648. The Balaban J connectivity index is 2.37. The predicted molar refractivity (Wildman–Crippen MR) is 17.6 cm³/mol. The number of carbonyl (C=O) groups is 1. The van der Waals surface area contributed by atoms with E-state index in [1.165, 1.54) is 0 Å². The van der Waals surface area contributed by atoms with Crippen LogP contribution in [0.5, 0.6) is 0 Å². The molecule has 0 aromatic heterocycles. The Labute approximate surface area is 34.4 Å². The van der Waals surface area contributed by atoms with Crippen LogP contribution in [0, 0.1) is 0 Å². The summed E-state index contributed by atoms with van der Waals surface area (Å²) >= 11 is 0. The van der Waals surface area contributed by atoms with E-state index in [4.69, 9.17) is 0 Å². The lowest BCUT2D eigenvalue weighted by atomic mass is 11.0. The van der Waals surface area contributed by atoms with E-state index >= 15 is 0 Å². The largest absolute Gasteiger partial charge is 0.340 e. The molecule has 0 unspecified atom stereocenters. The van der Waals surface area contributed by atoms with Crippen molar-refractivity contribution in [3.8, 4) is 0 Å². The summed E-state index contributed by atoms with van der Waals surface area (Å²) in [7, 11) is 0. The van der Waals surface area contributed by atoms with E-state index in [1.54, 1.807) is 0 Å².